The minimum Gasteiger partial charge on any atom is -0.452 e. The number of esters is 1. The van der Waals surface area contributed by atoms with E-state index < -0.39 is 34.4 Å². The highest BCUT2D eigenvalue weighted by Gasteiger charge is 2.22. The standard InChI is InChI=1S/C20H22N2O6S/c1-4-29(26,27)17-8-6-5-7-16(17)19(24)28-12-18(23)22-20(25)21-15-10-9-13(2)14(3)11-15/h5-11H,4,12H2,1-3H3,(H2,21,22,23,25). The molecule has 0 aliphatic rings. The first-order valence-corrected chi connectivity index (χ1v) is 10.5. The molecular formula is C20H22N2O6S. The van der Waals surface area contributed by atoms with Crippen LogP contribution in [0.4, 0.5) is 10.5 Å². The summed E-state index contributed by atoms with van der Waals surface area (Å²) in [6, 6.07) is 10.1. The Labute approximate surface area is 169 Å². The van der Waals surface area contributed by atoms with Crippen LogP contribution in [-0.2, 0) is 19.4 Å². The molecule has 0 atom stereocenters. The van der Waals surface area contributed by atoms with Crippen molar-refractivity contribution in [2.24, 2.45) is 0 Å². The van der Waals surface area contributed by atoms with E-state index in [2.05, 4.69) is 5.32 Å². The van der Waals surface area contributed by atoms with Crippen LogP contribution in [0.1, 0.15) is 28.4 Å². The minimum absolute atomic E-state index is 0.165. The number of hydrogen-bond donors (Lipinski definition) is 2. The van der Waals surface area contributed by atoms with Gasteiger partial charge in [-0.1, -0.05) is 25.1 Å². The lowest BCUT2D eigenvalue weighted by atomic mass is 10.1. The van der Waals surface area contributed by atoms with Crippen molar-refractivity contribution in [2.45, 2.75) is 25.7 Å². The van der Waals surface area contributed by atoms with Crippen LogP contribution in [-0.4, -0.2) is 38.7 Å². The summed E-state index contributed by atoms with van der Waals surface area (Å²) in [5.41, 5.74) is 2.38. The Morgan fingerprint density at radius 3 is 2.34 bits per heavy atom. The van der Waals surface area contributed by atoms with E-state index >= 15 is 0 Å². The molecule has 2 N–H and O–H groups in total. The van der Waals surface area contributed by atoms with E-state index in [1.165, 1.54) is 31.2 Å². The molecule has 8 nitrogen and oxygen atoms in total. The lowest BCUT2D eigenvalue weighted by Crippen LogP contribution is -2.37. The number of hydrogen-bond acceptors (Lipinski definition) is 6. The number of carbonyl (C=O) groups is 3. The van der Waals surface area contributed by atoms with Gasteiger partial charge in [0.1, 0.15) is 0 Å². The van der Waals surface area contributed by atoms with E-state index in [0.717, 1.165) is 11.1 Å². The van der Waals surface area contributed by atoms with Gasteiger partial charge in [0.2, 0.25) is 0 Å². The number of amides is 3. The summed E-state index contributed by atoms with van der Waals surface area (Å²) in [6.07, 6.45) is 0. The molecule has 0 aromatic heterocycles. The molecule has 29 heavy (non-hydrogen) atoms. The van der Waals surface area contributed by atoms with E-state index in [-0.39, 0.29) is 16.2 Å². The van der Waals surface area contributed by atoms with Crippen LogP contribution < -0.4 is 10.6 Å². The Morgan fingerprint density at radius 2 is 1.69 bits per heavy atom. The van der Waals surface area contributed by atoms with Crippen LogP contribution in [0.3, 0.4) is 0 Å². The topological polar surface area (TPSA) is 119 Å². The molecule has 0 aliphatic carbocycles. The first-order chi connectivity index (χ1) is 13.6. The number of nitrogens with one attached hydrogen (secondary N) is 2. The maximum Gasteiger partial charge on any atom is 0.339 e. The molecule has 0 spiro atoms. The van der Waals surface area contributed by atoms with E-state index in [1.54, 1.807) is 12.1 Å². The third-order valence-corrected chi connectivity index (χ3v) is 5.96. The highest BCUT2D eigenvalue weighted by atomic mass is 32.2. The van der Waals surface area contributed by atoms with E-state index in [9.17, 15) is 22.8 Å². The lowest BCUT2D eigenvalue weighted by molar-refractivity contribution is -0.123. The van der Waals surface area contributed by atoms with Gasteiger partial charge in [-0.05, 0) is 49.2 Å². The van der Waals surface area contributed by atoms with Crippen molar-refractivity contribution in [3.05, 3.63) is 59.2 Å². The van der Waals surface area contributed by atoms with Crippen molar-refractivity contribution < 1.29 is 27.5 Å². The fourth-order valence-corrected chi connectivity index (χ4v) is 3.50. The minimum atomic E-state index is -3.64. The Morgan fingerprint density at radius 1 is 1.00 bits per heavy atom. The summed E-state index contributed by atoms with van der Waals surface area (Å²) in [5, 5.41) is 4.55. The summed E-state index contributed by atoms with van der Waals surface area (Å²) < 4.78 is 29.0. The van der Waals surface area contributed by atoms with Crippen molar-refractivity contribution in [3.63, 3.8) is 0 Å². The smallest absolute Gasteiger partial charge is 0.339 e. The summed E-state index contributed by atoms with van der Waals surface area (Å²) >= 11 is 0. The van der Waals surface area contributed by atoms with Crippen molar-refractivity contribution in [1.82, 2.24) is 5.32 Å². The maximum atomic E-state index is 12.2. The summed E-state index contributed by atoms with van der Waals surface area (Å²) in [6.45, 7) is 4.54. The number of carbonyl (C=O) groups excluding carboxylic acids is 3. The quantitative estimate of drug-likeness (QED) is 0.696. The van der Waals surface area contributed by atoms with Gasteiger partial charge in [-0.3, -0.25) is 10.1 Å². The highest BCUT2D eigenvalue weighted by Crippen LogP contribution is 2.18. The van der Waals surface area contributed by atoms with Gasteiger partial charge in [0.15, 0.2) is 16.4 Å². The fraction of sp³-hybridized carbons (Fsp3) is 0.250. The summed E-state index contributed by atoms with van der Waals surface area (Å²) in [4.78, 5) is 35.8. The molecule has 3 amide bonds. The van der Waals surface area contributed by atoms with E-state index in [1.807, 2.05) is 25.2 Å². The van der Waals surface area contributed by atoms with Gasteiger partial charge in [0, 0.05) is 5.69 Å². The largest absolute Gasteiger partial charge is 0.452 e. The molecule has 154 valence electrons. The summed E-state index contributed by atoms with van der Waals surface area (Å²) in [5.74, 6) is -2.01. The molecule has 0 radical (unpaired) electrons. The van der Waals surface area contributed by atoms with Gasteiger partial charge in [-0.25, -0.2) is 18.0 Å². The van der Waals surface area contributed by atoms with Crippen molar-refractivity contribution >= 4 is 33.4 Å². The molecule has 9 heteroatoms. The Hall–Kier alpha value is -3.20. The molecule has 2 aromatic rings. The molecule has 0 bridgehead atoms. The maximum absolute atomic E-state index is 12.2. The molecule has 0 fully saturated rings. The van der Waals surface area contributed by atoms with Crippen molar-refractivity contribution in [1.29, 1.82) is 0 Å². The van der Waals surface area contributed by atoms with Crippen LogP contribution in [0.2, 0.25) is 0 Å². The van der Waals surface area contributed by atoms with Gasteiger partial charge in [0.05, 0.1) is 16.2 Å². The first-order valence-electron chi connectivity index (χ1n) is 8.81. The van der Waals surface area contributed by atoms with Crippen LogP contribution in [0.25, 0.3) is 0 Å². The number of anilines is 1. The Kier molecular flexibility index (Phi) is 7.11. The van der Waals surface area contributed by atoms with E-state index in [0.29, 0.717) is 5.69 Å². The predicted molar refractivity (Wildman–Crippen MR) is 108 cm³/mol. The third kappa shape index (κ3) is 5.89. The van der Waals surface area contributed by atoms with Crippen LogP contribution in [0.15, 0.2) is 47.4 Å². The number of aryl methyl sites for hydroxylation is 2. The second kappa shape index (κ2) is 9.33. The average Bonchev–Trinajstić information content (AvgIpc) is 2.68. The SMILES string of the molecule is CCS(=O)(=O)c1ccccc1C(=O)OCC(=O)NC(=O)Nc1ccc(C)c(C)c1. The Bertz CT molecular complexity index is 1050. The van der Waals surface area contributed by atoms with Gasteiger partial charge in [0.25, 0.3) is 5.91 Å². The van der Waals surface area contributed by atoms with Gasteiger partial charge in [-0.15, -0.1) is 0 Å². The third-order valence-electron chi connectivity index (χ3n) is 4.17. The fourth-order valence-electron chi connectivity index (χ4n) is 2.42. The number of benzene rings is 2. The van der Waals surface area contributed by atoms with E-state index in [4.69, 9.17) is 4.74 Å². The monoisotopic (exact) mass is 418 g/mol. The molecule has 0 unspecified atom stereocenters. The van der Waals surface area contributed by atoms with Crippen molar-refractivity contribution in [2.75, 3.05) is 17.7 Å². The molecule has 0 aliphatic heterocycles. The molecule has 2 rings (SSSR count). The lowest BCUT2D eigenvalue weighted by Gasteiger charge is -2.10. The normalized spacial score (nSPS) is 10.9. The molecular weight excluding hydrogens is 396 g/mol. The Balaban J connectivity index is 1.95. The zero-order valence-electron chi connectivity index (χ0n) is 16.3. The van der Waals surface area contributed by atoms with Gasteiger partial charge < -0.3 is 10.1 Å². The predicted octanol–water partition coefficient (Wildman–Crippen LogP) is 2.60. The highest BCUT2D eigenvalue weighted by molar-refractivity contribution is 7.91. The van der Waals surface area contributed by atoms with Crippen LogP contribution >= 0.6 is 0 Å². The van der Waals surface area contributed by atoms with Crippen LogP contribution in [0.5, 0.6) is 0 Å². The number of rotatable bonds is 6. The van der Waals surface area contributed by atoms with Crippen molar-refractivity contribution in [3.8, 4) is 0 Å². The van der Waals surface area contributed by atoms with Gasteiger partial charge >= 0.3 is 12.0 Å². The number of imide groups is 1. The number of sulfone groups is 1. The average molecular weight is 418 g/mol. The van der Waals surface area contributed by atoms with Crippen LogP contribution in [0, 0.1) is 13.8 Å². The first kappa shape index (κ1) is 22.1. The number of urea groups is 1. The number of ether oxygens (including phenoxy) is 1. The second-order valence-corrected chi connectivity index (χ2v) is 8.52. The zero-order valence-corrected chi connectivity index (χ0v) is 17.1. The summed E-state index contributed by atoms with van der Waals surface area (Å²) in [7, 11) is -3.64. The molecule has 0 saturated carbocycles. The molecule has 0 saturated heterocycles. The van der Waals surface area contributed by atoms with Gasteiger partial charge in [-0.2, -0.15) is 0 Å². The molecule has 2 aromatic carbocycles. The zero-order chi connectivity index (χ0) is 21.6. The second-order valence-electron chi connectivity index (χ2n) is 6.28. The molecule has 0 heterocycles.